The molecule has 0 aromatic carbocycles. The van der Waals surface area contributed by atoms with Gasteiger partial charge in [-0.3, -0.25) is 0 Å². The van der Waals surface area contributed by atoms with Crippen molar-refractivity contribution in [3.8, 4) is 0 Å². The molecule has 21 heavy (non-hydrogen) atoms. The third-order valence-electron chi connectivity index (χ3n) is 7.72. The molecule has 7 atom stereocenters. The van der Waals surface area contributed by atoms with Gasteiger partial charge in [0.25, 0.3) is 0 Å². The van der Waals surface area contributed by atoms with Crippen molar-refractivity contribution in [1.82, 2.24) is 0 Å². The second-order valence-electron chi connectivity index (χ2n) is 8.41. The third-order valence-corrected chi connectivity index (χ3v) is 7.72. The lowest BCUT2D eigenvalue weighted by Crippen LogP contribution is -2.50. The predicted molar refractivity (Wildman–Crippen MR) is 86.8 cm³/mol. The zero-order chi connectivity index (χ0) is 14.6. The molecule has 3 fully saturated rings. The van der Waals surface area contributed by atoms with Gasteiger partial charge in [0.15, 0.2) is 0 Å². The molecule has 0 aromatic rings. The van der Waals surface area contributed by atoms with Crippen LogP contribution in [0, 0.1) is 35.0 Å². The highest BCUT2D eigenvalue weighted by molar-refractivity contribution is 5.21. The minimum atomic E-state index is -0.0581. The summed E-state index contributed by atoms with van der Waals surface area (Å²) in [5, 5.41) is 10.5. The van der Waals surface area contributed by atoms with Gasteiger partial charge in [0.2, 0.25) is 0 Å². The molecule has 0 amide bonds. The number of hydrogen-bond donors (Lipinski definition) is 1. The summed E-state index contributed by atoms with van der Waals surface area (Å²) in [6.45, 7) is 6.55. The van der Waals surface area contributed by atoms with Crippen LogP contribution in [0.1, 0.15) is 58.3 Å². The summed E-state index contributed by atoms with van der Waals surface area (Å²) in [5.41, 5.74) is 1.95. The van der Waals surface area contributed by atoms with Crippen molar-refractivity contribution >= 4 is 0 Å². The quantitative estimate of drug-likeness (QED) is 0.691. The van der Waals surface area contributed by atoms with Crippen molar-refractivity contribution in [2.24, 2.45) is 35.0 Å². The summed E-state index contributed by atoms with van der Waals surface area (Å²) in [5.74, 6) is 3.92. The van der Waals surface area contributed by atoms with E-state index in [2.05, 4.69) is 25.7 Å². The van der Waals surface area contributed by atoms with Crippen molar-refractivity contribution in [2.75, 3.05) is 0 Å². The van der Waals surface area contributed by atoms with Crippen LogP contribution in [-0.4, -0.2) is 11.2 Å². The van der Waals surface area contributed by atoms with E-state index < -0.39 is 0 Å². The highest BCUT2D eigenvalue weighted by Gasteiger charge is 2.57. The van der Waals surface area contributed by atoms with E-state index in [1.807, 2.05) is 0 Å². The molecule has 116 valence electrons. The van der Waals surface area contributed by atoms with Crippen LogP contribution in [0.2, 0.25) is 0 Å². The van der Waals surface area contributed by atoms with Crippen LogP contribution in [0.15, 0.2) is 24.3 Å². The topological polar surface area (TPSA) is 20.2 Å². The van der Waals surface area contributed by atoms with Gasteiger partial charge in [-0.05, 0) is 86.4 Å². The first-order chi connectivity index (χ1) is 10.1. The Labute approximate surface area is 129 Å². The monoisotopic (exact) mass is 286 g/mol. The Bertz CT molecular complexity index is 464. The van der Waals surface area contributed by atoms with E-state index in [-0.39, 0.29) is 11.5 Å². The van der Waals surface area contributed by atoms with Crippen molar-refractivity contribution in [2.45, 2.75) is 64.4 Å². The van der Waals surface area contributed by atoms with Gasteiger partial charge in [0, 0.05) is 0 Å². The van der Waals surface area contributed by atoms with Crippen LogP contribution >= 0.6 is 0 Å². The molecule has 4 rings (SSSR count). The van der Waals surface area contributed by atoms with Crippen LogP contribution in [0.5, 0.6) is 0 Å². The molecular weight excluding hydrogens is 256 g/mol. The van der Waals surface area contributed by atoms with E-state index in [0.717, 1.165) is 30.1 Å². The van der Waals surface area contributed by atoms with Gasteiger partial charge < -0.3 is 5.11 Å². The molecule has 1 heteroatoms. The number of fused-ring (bicyclic) bond motifs is 5. The maximum Gasteiger partial charge on any atom is 0.0596 e. The second kappa shape index (κ2) is 4.98. The van der Waals surface area contributed by atoms with Crippen molar-refractivity contribution in [1.29, 1.82) is 0 Å². The molecule has 0 saturated heterocycles. The van der Waals surface area contributed by atoms with E-state index in [4.69, 9.17) is 0 Å². The van der Waals surface area contributed by atoms with Gasteiger partial charge in [-0.15, -0.1) is 6.58 Å². The molecular formula is C20H30O. The van der Waals surface area contributed by atoms with Gasteiger partial charge in [-0.2, -0.15) is 0 Å². The van der Waals surface area contributed by atoms with Gasteiger partial charge in [0.05, 0.1) is 6.10 Å². The maximum atomic E-state index is 10.5. The van der Waals surface area contributed by atoms with E-state index in [1.165, 1.54) is 44.9 Å². The Morgan fingerprint density at radius 2 is 2.14 bits per heavy atom. The first-order valence-corrected chi connectivity index (χ1v) is 9.14. The van der Waals surface area contributed by atoms with E-state index in [9.17, 15) is 5.11 Å². The van der Waals surface area contributed by atoms with E-state index in [1.54, 1.807) is 5.57 Å². The fraction of sp³-hybridized carbons (Fsp3) is 0.800. The number of hydrogen-bond acceptors (Lipinski definition) is 1. The van der Waals surface area contributed by atoms with Gasteiger partial charge in [-0.25, -0.2) is 0 Å². The van der Waals surface area contributed by atoms with Crippen molar-refractivity contribution < 1.29 is 5.11 Å². The molecule has 4 aliphatic carbocycles. The average molecular weight is 286 g/mol. The Balaban J connectivity index is 1.71. The van der Waals surface area contributed by atoms with Crippen molar-refractivity contribution in [3.63, 3.8) is 0 Å². The summed E-state index contributed by atoms with van der Waals surface area (Å²) in [7, 11) is 0. The summed E-state index contributed by atoms with van der Waals surface area (Å²) in [6.07, 6.45) is 15.0. The Morgan fingerprint density at radius 3 is 2.95 bits per heavy atom. The molecule has 4 aliphatic rings. The second-order valence-corrected chi connectivity index (χ2v) is 8.41. The van der Waals surface area contributed by atoms with Crippen LogP contribution in [0.3, 0.4) is 0 Å². The van der Waals surface area contributed by atoms with Crippen LogP contribution in [-0.2, 0) is 0 Å². The largest absolute Gasteiger partial charge is 0.393 e. The zero-order valence-electron chi connectivity index (χ0n) is 13.4. The fourth-order valence-corrected chi connectivity index (χ4v) is 6.62. The number of rotatable bonds is 1. The van der Waals surface area contributed by atoms with Crippen molar-refractivity contribution in [3.05, 3.63) is 24.3 Å². The molecule has 0 bridgehead atoms. The fourth-order valence-electron chi connectivity index (χ4n) is 6.62. The third kappa shape index (κ3) is 1.92. The van der Waals surface area contributed by atoms with Crippen LogP contribution in [0.25, 0.3) is 0 Å². The summed E-state index contributed by atoms with van der Waals surface area (Å²) < 4.78 is 0. The van der Waals surface area contributed by atoms with E-state index in [0.29, 0.717) is 5.92 Å². The maximum absolute atomic E-state index is 10.5. The molecule has 0 heterocycles. The summed E-state index contributed by atoms with van der Waals surface area (Å²) >= 11 is 0. The molecule has 0 aliphatic heterocycles. The minimum absolute atomic E-state index is 0.0581. The molecule has 3 saturated carbocycles. The normalized spacial score (nSPS) is 52.4. The number of aliphatic hydroxyl groups excluding tert-OH is 1. The SMILES string of the molecule is C=C[C@@H]1CC2=CCCC[C@@H]2[C@H]2CC[C@]3(C)[C@@H](O)CC[C@H]3[C@@H]21. The highest BCUT2D eigenvalue weighted by Crippen LogP contribution is 2.63. The lowest BCUT2D eigenvalue weighted by atomic mass is 9.49. The molecule has 1 N–H and O–H groups in total. The standard InChI is InChI=1S/C20H30O/c1-3-13-12-14-6-4-5-7-15(14)16-10-11-20(2)17(19(13)16)8-9-18(20)21/h3,6,13,15-19,21H,1,4-5,7-12H2,2H3/t13-,15+,16-,17+,18+,19-,20+/m1/s1. The molecule has 0 spiro atoms. The number of allylic oxidation sites excluding steroid dienone is 3. The highest BCUT2D eigenvalue weighted by atomic mass is 16.3. The first kappa shape index (κ1) is 14.1. The van der Waals surface area contributed by atoms with Crippen LogP contribution < -0.4 is 0 Å². The minimum Gasteiger partial charge on any atom is -0.393 e. The lowest BCUT2D eigenvalue weighted by molar-refractivity contribution is -0.0659. The van der Waals surface area contributed by atoms with E-state index >= 15 is 0 Å². The Hall–Kier alpha value is -0.560. The predicted octanol–water partition coefficient (Wildman–Crippen LogP) is 4.72. The first-order valence-electron chi connectivity index (χ1n) is 9.14. The number of aliphatic hydroxyl groups is 1. The zero-order valence-corrected chi connectivity index (χ0v) is 13.4. The average Bonchev–Trinajstić information content (AvgIpc) is 2.82. The Kier molecular flexibility index (Phi) is 3.33. The molecule has 1 nitrogen and oxygen atoms in total. The van der Waals surface area contributed by atoms with Gasteiger partial charge in [-0.1, -0.05) is 24.6 Å². The van der Waals surface area contributed by atoms with Crippen LogP contribution in [0.4, 0.5) is 0 Å². The molecule has 0 unspecified atom stereocenters. The smallest absolute Gasteiger partial charge is 0.0596 e. The lowest BCUT2D eigenvalue weighted by Gasteiger charge is -2.55. The summed E-state index contributed by atoms with van der Waals surface area (Å²) in [4.78, 5) is 0. The summed E-state index contributed by atoms with van der Waals surface area (Å²) in [6, 6.07) is 0. The van der Waals surface area contributed by atoms with Gasteiger partial charge >= 0.3 is 0 Å². The molecule has 0 radical (unpaired) electrons. The Morgan fingerprint density at radius 1 is 1.29 bits per heavy atom. The molecule has 0 aromatic heterocycles. The van der Waals surface area contributed by atoms with Gasteiger partial charge in [0.1, 0.15) is 0 Å².